The molecule has 0 atom stereocenters. The Labute approximate surface area is 115 Å². The molecule has 1 heteroatoms. The molecule has 0 aromatic heterocycles. The molecule has 98 valence electrons. The highest BCUT2D eigenvalue weighted by Crippen LogP contribution is 2.33. The quantitative estimate of drug-likeness (QED) is 0.761. The van der Waals surface area contributed by atoms with Crippen LogP contribution in [0.25, 0.3) is 0 Å². The molecule has 1 nitrogen and oxygen atoms in total. The SMILES string of the molecule is c1ccc(Nc2ccc(C3CCCCC3)cc2)cc1. The van der Waals surface area contributed by atoms with Crippen LogP contribution in [0.5, 0.6) is 0 Å². The van der Waals surface area contributed by atoms with Crippen molar-refractivity contribution >= 4 is 11.4 Å². The van der Waals surface area contributed by atoms with Crippen molar-refractivity contribution in [2.45, 2.75) is 38.0 Å². The van der Waals surface area contributed by atoms with Crippen LogP contribution >= 0.6 is 0 Å². The zero-order valence-corrected chi connectivity index (χ0v) is 11.3. The summed E-state index contributed by atoms with van der Waals surface area (Å²) >= 11 is 0. The number of para-hydroxylation sites is 1. The normalized spacial score (nSPS) is 16.2. The number of rotatable bonds is 3. The number of benzene rings is 2. The van der Waals surface area contributed by atoms with E-state index in [1.807, 2.05) is 6.07 Å². The monoisotopic (exact) mass is 251 g/mol. The van der Waals surface area contributed by atoms with Crippen LogP contribution in [0.15, 0.2) is 54.6 Å². The molecule has 1 N–H and O–H groups in total. The Morgan fingerprint density at radius 3 is 2.00 bits per heavy atom. The van der Waals surface area contributed by atoms with Crippen molar-refractivity contribution < 1.29 is 0 Å². The second-order valence-corrected chi connectivity index (χ2v) is 5.45. The Morgan fingerprint density at radius 1 is 0.684 bits per heavy atom. The van der Waals surface area contributed by atoms with E-state index in [1.165, 1.54) is 43.4 Å². The van der Waals surface area contributed by atoms with Crippen molar-refractivity contribution in [1.82, 2.24) is 0 Å². The second-order valence-electron chi connectivity index (χ2n) is 5.45. The lowest BCUT2D eigenvalue weighted by Crippen LogP contribution is -2.04. The van der Waals surface area contributed by atoms with E-state index in [0.29, 0.717) is 0 Å². The predicted molar refractivity (Wildman–Crippen MR) is 82.0 cm³/mol. The summed E-state index contributed by atoms with van der Waals surface area (Å²) in [4.78, 5) is 0. The van der Waals surface area contributed by atoms with Gasteiger partial charge in [0.05, 0.1) is 0 Å². The highest BCUT2D eigenvalue weighted by molar-refractivity contribution is 5.59. The van der Waals surface area contributed by atoms with Gasteiger partial charge in [-0.25, -0.2) is 0 Å². The Bertz CT molecular complexity index is 495. The molecule has 0 amide bonds. The van der Waals surface area contributed by atoms with E-state index in [2.05, 4.69) is 53.8 Å². The van der Waals surface area contributed by atoms with E-state index in [-0.39, 0.29) is 0 Å². The fourth-order valence-electron chi connectivity index (χ4n) is 2.96. The number of anilines is 2. The number of nitrogens with one attached hydrogen (secondary N) is 1. The van der Waals surface area contributed by atoms with E-state index < -0.39 is 0 Å². The van der Waals surface area contributed by atoms with Gasteiger partial charge in [0.1, 0.15) is 0 Å². The highest BCUT2D eigenvalue weighted by Gasteiger charge is 2.14. The van der Waals surface area contributed by atoms with Crippen LogP contribution in [-0.2, 0) is 0 Å². The third-order valence-corrected chi connectivity index (χ3v) is 4.05. The van der Waals surface area contributed by atoms with E-state index >= 15 is 0 Å². The highest BCUT2D eigenvalue weighted by atomic mass is 14.9. The van der Waals surface area contributed by atoms with Crippen LogP contribution < -0.4 is 5.32 Å². The minimum atomic E-state index is 0.791. The minimum absolute atomic E-state index is 0.791. The lowest BCUT2D eigenvalue weighted by Gasteiger charge is -2.22. The lowest BCUT2D eigenvalue weighted by atomic mass is 9.84. The Hall–Kier alpha value is -1.76. The molecule has 0 spiro atoms. The maximum Gasteiger partial charge on any atom is 0.0384 e. The fourth-order valence-corrected chi connectivity index (χ4v) is 2.96. The summed E-state index contributed by atoms with van der Waals surface area (Å²) in [5.41, 5.74) is 3.83. The molecule has 0 bridgehead atoms. The van der Waals surface area contributed by atoms with Gasteiger partial charge in [-0.05, 0) is 48.6 Å². The van der Waals surface area contributed by atoms with Crippen molar-refractivity contribution in [3.8, 4) is 0 Å². The van der Waals surface area contributed by atoms with Gasteiger partial charge >= 0.3 is 0 Å². The van der Waals surface area contributed by atoms with Crippen LogP contribution in [0.4, 0.5) is 11.4 Å². The third-order valence-electron chi connectivity index (χ3n) is 4.05. The summed E-state index contributed by atoms with van der Waals surface area (Å²) in [7, 11) is 0. The zero-order chi connectivity index (χ0) is 12.9. The average molecular weight is 251 g/mol. The topological polar surface area (TPSA) is 12.0 Å². The summed E-state index contributed by atoms with van der Waals surface area (Å²) in [6, 6.07) is 19.3. The summed E-state index contributed by atoms with van der Waals surface area (Å²) in [5, 5.41) is 3.43. The summed E-state index contributed by atoms with van der Waals surface area (Å²) in [5.74, 6) is 0.791. The number of hydrogen-bond acceptors (Lipinski definition) is 1. The van der Waals surface area contributed by atoms with Gasteiger partial charge in [0.25, 0.3) is 0 Å². The van der Waals surface area contributed by atoms with E-state index in [0.717, 1.165) is 11.6 Å². The molecule has 0 aliphatic heterocycles. The summed E-state index contributed by atoms with van der Waals surface area (Å²) in [6.45, 7) is 0. The molecule has 1 aliphatic carbocycles. The van der Waals surface area contributed by atoms with Crippen LogP contribution in [-0.4, -0.2) is 0 Å². The first-order valence-corrected chi connectivity index (χ1v) is 7.34. The second kappa shape index (κ2) is 5.92. The van der Waals surface area contributed by atoms with Gasteiger partial charge in [0, 0.05) is 11.4 Å². The van der Waals surface area contributed by atoms with Crippen LogP contribution in [0, 0.1) is 0 Å². The van der Waals surface area contributed by atoms with E-state index in [4.69, 9.17) is 0 Å². The summed E-state index contributed by atoms with van der Waals surface area (Å²) < 4.78 is 0. The molecule has 1 aliphatic rings. The lowest BCUT2D eigenvalue weighted by molar-refractivity contribution is 0.443. The third kappa shape index (κ3) is 3.17. The molecule has 2 aromatic rings. The Kier molecular flexibility index (Phi) is 3.83. The largest absolute Gasteiger partial charge is 0.356 e. The fraction of sp³-hybridized carbons (Fsp3) is 0.333. The van der Waals surface area contributed by atoms with E-state index in [1.54, 1.807) is 0 Å². The predicted octanol–water partition coefficient (Wildman–Crippen LogP) is 5.48. The standard InChI is InChI=1S/C18H21N/c1-3-7-15(8-4-1)16-11-13-18(14-12-16)19-17-9-5-2-6-10-17/h2,5-6,9-15,19H,1,3-4,7-8H2. The van der Waals surface area contributed by atoms with E-state index in [9.17, 15) is 0 Å². The molecule has 0 saturated heterocycles. The van der Waals surface area contributed by atoms with Crippen molar-refractivity contribution in [2.24, 2.45) is 0 Å². The Morgan fingerprint density at radius 2 is 1.32 bits per heavy atom. The van der Waals surface area contributed by atoms with Crippen molar-refractivity contribution in [3.05, 3.63) is 60.2 Å². The van der Waals surface area contributed by atoms with Gasteiger partial charge in [-0.2, -0.15) is 0 Å². The average Bonchev–Trinajstić information content (AvgIpc) is 2.50. The molecule has 0 radical (unpaired) electrons. The molecule has 0 heterocycles. The van der Waals surface area contributed by atoms with Crippen molar-refractivity contribution in [2.75, 3.05) is 5.32 Å². The summed E-state index contributed by atoms with van der Waals surface area (Å²) in [6.07, 6.45) is 6.95. The van der Waals surface area contributed by atoms with Gasteiger partial charge < -0.3 is 5.32 Å². The molecule has 2 aromatic carbocycles. The van der Waals surface area contributed by atoms with Crippen LogP contribution in [0.2, 0.25) is 0 Å². The van der Waals surface area contributed by atoms with Gasteiger partial charge in [-0.3, -0.25) is 0 Å². The smallest absolute Gasteiger partial charge is 0.0384 e. The molecule has 19 heavy (non-hydrogen) atoms. The molecular formula is C18H21N. The Balaban J connectivity index is 1.68. The van der Waals surface area contributed by atoms with Gasteiger partial charge in [-0.1, -0.05) is 49.6 Å². The van der Waals surface area contributed by atoms with Gasteiger partial charge in [0.2, 0.25) is 0 Å². The maximum absolute atomic E-state index is 3.43. The van der Waals surface area contributed by atoms with Crippen molar-refractivity contribution in [3.63, 3.8) is 0 Å². The molecular weight excluding hydrogens is 230 g/mol. The molecule has 1 fully saturated rings. The first-order valence-electron chi connectivity index (χ1n) is 7.34. The van der Waals surface area contributed by atoms with Crippen LogP contribution in [0.1, 0.15) is 43.6 Å². The first-order chi connectivity index (χ1) is 9.42. The van der Waals surface area contributed by atoms with Gasteiger partial charge in [-0.15, -0.1) is 0 Å². The van der Waals surface area contributed by atoms with Crippen molar-refractivity contribution in [1.29, 1.82) is 0 Å². The minimum Gasteiger partial charge on any atom is -0.356 e. The molecule has 0 unspecified atom stereocenters. The number of hydrogen-bond donors (Lipinski definition) is 1. The van der Waals surface area contributed by atoms with Gasteiger partial charge in [0.15, 0.2) is 0 Å². The molecule has 1 saturated carbocycles. The zero-order valence-electron chi connectivity index (χ0n) is 11.3. The molecule has 3 rings (SSSR count). The maximum atomic E-state index is 3.43. The first kappa shape index (κ1) is 12.3. The van der Waals surface area contributed by atoms with Crippen LogP contribution in [0.3, 0.4) is 0 Å².